The largest absolute Gasteiger partial charge is 0.376 e. The Kier molecular flexibility index (Phi) is 4.24. The third-order valence-electron chi connectivity index (χ3n) is 3.22. The van der Waals surface area contributed by atoms with Crippen LogP contribution >= 0.6 is 11.6 Å². The molecule has 0 heterocycles. The molecule has 0 radical (unpaired) electrons. The molecule has 104 valence electrons. The third-order valence-corrected chi connectivity index (χ3v) is 3.46. The monoisotopic (exact) mass is 285 g/mol. The Labute approximate surface area is 116 Å². The molecule has 0 aliphatic heterocycles. The predicted octanol–water partition coefficient (Wildman–Crippen LogP) is 2.16. The van der Waals surface area contributed by atoms with E-state index >= 15 is 0 Å². The number of halogens is 1. The van der Waals surface area contributed by atoms with Crippen molar-refractivity contribution in [2.75, 3.05) is 11.9 Å². The SMILES string of the molecule is CCOC1CC(N)C1Nc1cc(Cl)ccc1[N+](=O)[O-]. The van der Waals surface area contributed by atoms with Gasteiger partial charge < -0.3 is 15.8 Å². The summed E-state index contributed by atoms with van der Waals surface area (Å²) in [6.45, 7) is 2.50. The molecule has 1 aromatic rings. The van der Waals surface area contributed by atoms with E-state index < -0.39 is 4.92 Å². The van der Waals surface area contributed by atoms with E-state index in [4.69, 9.17) is 22.1 Å². The van der Waals surface area contributed by atoms with Gasteiger partial charge in [-0.3, -0.25) is 10.1 Å². The normalized spacial score (nSPS) is 25.7. The second-order valence-corrected chi connectivity index (χ2v) is 4.92. The molecule has 7 heteroatoms. The van der Waals surface area contributed by atoms with Crippen molar-refractivity contribution in [1.29, 1.82) is 0 Å². The van der Waals surface area contributed by atoms with Crippen molar-refractivity contribution in [1.82, 2.24) is 0 Å². The van der Waals surface area contributed by atoms with E-state index in [1.54, 1.807) is 0 Å². The first-order valence-corrected chi connectivity index (χ1v) is 6.48. The van der Waals surface area contributed by atoms with Crippen molar-refractivity contribution < 1.29 is 9.66 Å². The van der Waals surface area contributed by atoms with Gasteiger partial charge in [0, 0.05) is 23.7 Å². The number of hydrogen-bond acceptors (Lipinski definition) is 5. The first kappa shape index (κ1) is 14.0. The third kappa shape index (κ3) is 2.97. The molecule has 3 unspecified atom stereocenters. The van der Waals surface area contributed by atoms with Crippen LogP contribution < -0.4 is 11.1 Å². The Balaban J connectivity index is 2.18. The average Bonchev–Trinajstić information content (AvgIpc) is 2.35. The first-order chi connectivity index (χ1) is 9.02. The summed E-state index contributed by atoms with van der Waals surface area (Å²) in [7, 11) is 0. The van der Waals surface area contributed by atoms with E-state index in [2.05, 4.69) is 5.32 Å². The van der Waals surface area contributed by atoms with Crippen LogP contribution in [0.15, 0.2) is 18.2 Å². The molecule has 3 N–H and O–H groups in total. The lowest BCUT2D eigenvalue weighted by molar-refractivity contribution is -0.384. The maximum Gasteiger partial charge on any atom is 0.292 e. The smallest absolute Gasteiger partial charge is 0.292 e. The van der Waals surface area contributed by atoms with Crippen LogP contribution in [0.5, 0.6) is 0 Å². The van der Waals surface area contributed by atoms with E-state index in [0.29, 0.717) is 17.3 Å². The molecule has 1 saturated carbocycles. The molecule has 2 rings (SSSR count). The number of nitrogens with one attached hydrogen (secondary N) is 1. The van der Waals surface area contributed by atoms with Gasteiger partial charge in [0.1, 0.15) is 5.69 Å². The van der Waals surface area contributed by atoms with Crippen LogP contribution in [0, 0.1) is 10.1 Å². The Bertz CT molecular complexity index is 481. The van der Waals surface area contributed by atoms with Crippen molar-refractivity contribution in [3.63, 3.8) is 0 Å². The van der Waals surface area contributed by atoms with Gasteiger partial charge in [0.25, 0.3) is 5.69 Å². The number of benzene rings is 1. The number of ether oxygens (including phenoxy) is 1. The zero-order valence-electron chi connectivity index (χ0n) is 10.5. The number of nitro groups is 1. The molecule has 0 amide bonds. The maximum absolute atomic E-state index is 11.0. The number of rotatable bonds is 5. The lowest BCUT2D eigenvalue weighted by Crippen LogP contribution is -2.60. The second kappa shape index (κ2) is 5.73. The number of nitro benzene ring substituents is 1. The van der Waals surface area contributed by atoms with Gasteiger partial charge in [0.2, 0.25) is 0 Å². The second-order valence-electron chi connectivity index (χ2n) is 4.48. The quantitative estimate of drug-likeness (QED) is 0.639. The van der Waals surface area contributed by atoms with Gasteiger partial charge in [-0.2, -0.15) is 0 Å². The molecule has 6 nitrogen and oxygen atoms in total. The van der Waals surface area contributed by atoms with Gasteiger partial charge in [-0.15, -0.1) is 0 Å². The number of nitrogens with zero attached hydrogens (tertiary/aromatic N) is 1. The number of anilines is 1. The van der Waals surface area contributed by atoms with E-state index in [9.17, 15) is 10.1 Å². The van der Waals surface area contributed by atoms with Gasteiger partial charge in [-0.1, -0.05) is 11.6 Å². The molecule has 0 saturated heterocycles. The van der Waals surface area contributed by atoms with Crippen LogP contribution in [0.3, 0.4) is 0 Å². The van der Waals surface area contributed by atoms with Crippen LogP contribution in [0.2, 0.25) is 5.02 Å². The highest BCUT2D eigenvalue weighted by atomic mass is 35.5. The van der Waals surface area contributed by atoms with Crippen LogP contribution in [0.25, 0.3) is 0 Å². The Morgan fingerprint density at radius 1 is 1.63 bits per heavy atom. The minimum atomic E-state index is -0.446. The predicted molar refractivity (Wildman–Crippen MR) is 73.5 cm³/mol. The summed E-state index contributed by atoms with van der Waals surface area (Å²) in [5.74, 6) is 0. The van der Waals surface area contributed by atoms with Crippen LogP contribution in [-0.2, 0) is 4.74 Å². The summed E-state index contributed by atoms with van der Waals surface area (Å²) in [4.78, 5) is 10.5. The molecule has 19 heavy (non-hydrogen) atoms. The minimum Gasteiger partial charge on any atom is -0.376 e. The Morgan fingerprint density at radius 2 is 2.37 bits per heavy atom. The lowest BCUT2D eigenvalue weighted by Gasteiger charge is -2.42. The van der Waals surface area contributed by atoms with Crippen LogP contribution in [0.1, 0.15) is 13.3 Å². The fourth-order valence-corrected chi connectivity index (χ4v) is 2.36. The zero-order valence-corrected chi connectivity index (χ0v) is 11.3. The minimum absolute atomic E-state index is 0.0150. The highest BCUT2D eigenvalue weighted by Gasteiger charge is 2.40. The Morgan fingerprint density at radius 3 is 2.95 bits per heavy atom. The highest BCUT2D eigenvalue weighted by Crippen LogP contribution is 2.32. The van der Waals surface area contributed by atoms with Crippen molar-refractivity contribution >= 4 is 23.0 Å². The standard InChI is InChI=1S/C12H16ClN3O3/c1-2-19-11-6-8(14)12(11)15-9-5-7(13)3-4-10(9)16(17)18/h3-5,8,11-12,15H,2,6,14H2,1H3. The van der Waals surface area contributed by atoms with Crippen molar-refractivity contribution in [3.05, 3.63) is 33.3 Å². The summed E-state index contributed by atoms with van der Waals surface area (Å²) in [5, 5.41) is 14.5. The van der Waals surface area contributed by atoms with E-state index in [1.807, 2.05) is 6.92 Å². The first-order valence-electron chi connectivity index (χ1n) is 6.10. The summed E-state index contributed by atoms with van der Waals surface area (Å²) in [6.07, 6.45) is 0.735. The van der Waals surface area contributed by atoms with Gasteiger partial charge in [-0.25, -0.2) is 0 Å². The summed E-state index contributed by atoms with van der Waals surface area (Å²) >= 11 is 5.88. The highest BCUT2D eigenvalue weighted by molar-refractivity contribution is 6.31. The van der Waals surface area contributed by atoms with Gasteiger partial charge >= 0.3 is 0 Å². The fourth-order valence-electron chi connectivity index (χ4n) is 2.19. The molecule has 1 aliphatic rings. The van der Waals surface area contributed by atoms with E-state index in [1.165, 1.54) is 18.2 Å². The molecule has 1 aromatic carbocycles. The van der Waals surface area contributed by atoms with Gasteiger partial charge in [-0.05, 0) is 25.5 Å². The fraction of sp³-hybridized carbons (Fsp3) is 0.500. The Hall–Kier alpha value is -1.37. The summed E-state index contributed by atoms with van der Waals surface area (Å²) < 4.78 is 5.52. The molecule has 0 spiro atoms. The van der Waals surface area contributed by atoms with Crippen molar-refractivity contribution in [3.8, 4) is 0 Å². The molecule has 0 bridgehead atoms. The van der Waals surface area contributed by atoms with Crippen LogP contribution in [-0.4, -0.2) is 29.7 Å². The van der Waals surface area contributed by atoms with Crippen molar-refractivity contribution in [2.45, 2.75) is 31.5 Å². The molecule has 3 atom stereocenters. The maximum atomic E-state index is 11.0. The molecule has 1 fully saturated rings. The zero-order chi connectivity index (χ0) is 14.0. The number of nitrogens with two attached hydrogens (primary N) is 1. The topological polar surface area (TPSA) is 90.4 Å². The number of hydrogen-bond donors (Lipinski definition) is 2. The van der Waals surface area contributed by atoms with Gasteiger partial charge in [0.15, 0.2) is 0 Å². The molecular formula is C12H16ClN3O3. The average molecular weight is 286 g/mol. The van der Waals surface area contributed by atoms with E-state index in [-0.39, 0.29) is 23.9 Å². The summed E-state index contributed by atoms with van der Waals surface area (Å²) in [5.41, 5.74) is 6.27. The van der Waals surface area contributed by atoms with Crippen LogP contribution in [0.4, 0.5) is 11.4 Å². The molecule has 0 aromatic heterocycles. The summed E-state index contributed by atoms with van der Waals surface area (Å²) in [6, 6.07) is 4.21. The molecule has 1 aliphatic carbocycles. The van der Waals surface area contributed by atoms with Gasteiger partial charge in [0.05, 0.1) is 17.1 Å². The van der Waals surface area contributed by atoms with E-state index in [0.717, 1.165) is 6.42 Å². The molecular weight excluding hydrogens is 270 g/mol. The lowest BCUT2D eigenvalue weighted by atomic mass is 9.83. The van der Waals surface area contributed by atoms with Crippen molar-refractivity contribution in [2.24, 2.45) is 5.73 Å².